The topological polar surface area (TPSA) is 38.0 Å². The van der Waals surface area contributed by atoms with Gasteiger partial charge in [-0.25, -0.2) is 0 Å². The summed E-state index contributed by atoms with van der Waals surface area (Å²) in [6.45, 7) is 3.07. The maximum Gasteiger partial charge on any atom is 0.0848 e. The van der Waals surface area contributed by atoms with E-state index in [9.17, 15) is 5.11 Å². The summed E-state index contributed by atoms with van der Waals surface area (Å²) in [7, 11) is 0. The molecule has 1 atom stereocenters. The van der Waals surface area contributed by atoms with Crippen molar-refractivity contribution in [2.24, 2.45) is 5.92 Å². The zero-order valence-corrected chi connectivity index (χ0v) is 8.69. The first-order valence-electron chi connectivity index (χ1n) is 5.51. The third-order valence-corrected chi connectivity index (χ3v) is 3.04. The number of hydrogen-bond acceptors (Lipinski definition) is 2. The zero-order chi connectivity index (χ0) is 9.97. The second kappa shape index (κ2) is 4.13. The van der Waals surface area contributed by atoms with Gasteiger partial charge in [0.15, 0.2) is 0 Å². The van der Waals surface area contributed by atoms with Crippen molar-refractivity contribution < 1.29 is 5.11 Å². The molecular formula is C11H18N2O. The first-order valence-corrected chi connectivity index (χ1v) is 5.51. The molecule has 1 aromatic rings. The van der Waals surface area contributed by atoms with Gasteiger partial charge in [0.1, 0.15) is 0 Å². The summed E-state index contributed by atoms with van der Waals surface area (Å²) in [5.41, 5.74) is 0.989. The molecule has 2 rings (SSSR count). The summed E-state index contributed by atoms with van der Waals surface area (Å²) in [6.07, 6.45) is 8.19. The van der Waals surface area contributed by atoms with Crippen LogP contribution in [-0.4, -0.2) is 14.9 Å². The van der Waals surface area contributed by atoms with Crippen LogP contribution in [-0.2, 0) is 6.54 Å². The van der Waals surface area contributed by atoms with Gasteiger partial charge in [-0.15, -0.1) is 0 Å². The average Bonchev–Trinajstić information content (AvgIpc) is 2.50. The second-order valence-corrected chi connectivity index (χ2v) is 4.17. The van der Waals surface area contributed by atoms with E-state index in [0.717, 1.165) is 18.5 Å². The van der Waals surface area contributed by atoms with Crippen LogP contribution in [0.1, 0.15) is 44.3 Å². The largest absolute Gasteiger partial charge is 0.388 e. The third kappa shape index (κ3) is 1.82. The molecule has 0 bridgehead atoms. The molecule has 0 saturated heterocycles. The fraction of sp³-hybridized carbons (Fsp3) is 0.727. The molecule has 1 aliphatic carbocycles. The molecule has 14 heavy (non-hydrogen) atoms. The van der Waals surface area contributed by atoms with E-state index in [4.69, 9.17) is 0 Å². The van der Waals surface area contributed by atoms with E-state index >= 15 is 0 Å². The number of aliphatic hydroxyl groups is 1. The Bertz CT molecular complexity index is 291. The predicted molar refractivity (Wildman–Crippen MR) is 54.8 cm³/mol. The second-order valence-electron chi connectivity index (χ2n) is 4.17. The minimum absolute atomic E-state index is 0.283. The highest BCUT2D eigenvalue weighted by Crippen LogP contribution is 2.37. The normalized spacial score (nSPS) is 19.3. The van der Waals surface area contributed by atoms with Crippen LogP contribution in [0.4, 0.5) is 0 Å². The molecule has 1 fully saturated rings. The number of aryl methyl sites for hydroxylation is 1. The lowest BCUT2D eigenvalue weighted by atomic mass is 9.79. The molecule has 0 radical (unpaired) electrons. The molecule has 0 aromatic carbocycles. The van der Waals surface area contributed by atoms with Gasteiger partial charge >= 0.3 is 0 Å². The molecule has 1 heterocycles. The molecule has 0 amide bonds. The van der Waals surface area contributed by atoms with E-state index in [1.807, 2.05) is 10.9 Å². The van der Waals surface area contributed by atoms with Gasteiger partial charge in [0.25, 0.3) is 0 Å². The molecule has 1 aromatic heterocycles. The number of hydrogen-bond donors (Lipinski definition) is 1. The van der Waals surface area contributed by atoms with E-state index < -0.39 is 0 Å². The molecule has 1 aliphatic rings. The molecule has 3 heteroatoms. The highest BCUT2D eigenvalue weighted by molar-refractivity contribution is 5.10. The highest BCUT2D eigenvalue weighted by atomic mass is 16.3. The van der Waals surface area contributed by atoms with Gasteiger partial charge in [0.05, 0.1) is 12.3 Å². The van der Waals surface area contributed by atoms with Crippen LogP contribution in [0.3, 0.4) is 0 Å². The molecule has 1 saturated carbocycles. The number of nitrogens with zero attached hydrogens (tertiary/aromatic N) is 2. The van der Waals surface area contributed by atoms with Crippen molar-refractivity contribution in [3.63, 3.8) is 0 Å². The Morgan fingerprint density at radius 1 is 1.64 bits per heavy atom. The van der Waals surface area contributed by atoms with Gasteiger partial charge in [-0.2, -0.15) is 5.10 Å². The van der Waals surface area contributed by atoms with Gasteiger partial charge in [-0.1, -0.05) is 13.3 Å². The minimum atomic E-state index is -0.283. The lowest BCUT2D eigenvalue weighted by Gasteiger charge is -2.29. The van der Waals surface area contributed by atoms with Crippen molar-refractivity contribution in [1.29, 1.82) is 0 Å². The Morgan fingerprint density at radius 3 is 3.00 bits per heavy atom. The lowest BCUT2D eigenvalue weighted by molar-refractivity contribution is 0.0620. The van der Waals surface area contributed by atoms with Gasteiger partial charge in [0.2, 0.25) is 0 Å². The molecule has 1 unspecified atom stereocenters. The number of aliphatic hydroxyl groups excluding tert-OH is 1. The molecule has 1 N–H and O–H groups in total. The Hall–Kier alpha value is -0.830. The summed E-state index contributed by atoms with van der Waals surface area (Å²) < 4.78 is 1.91. The quantitative estimate of drug-likeness (QED) is 0.797. The SMILES string of the molecule is CCCn1cc(C(O)C2CCC2)cn1. The van der Waals surface area contributed by atoms with Crippen molar-refractivity contribution >= 4 is 0 Å². The van der Waals surface area contributed by atoms with Crippen LogP contribution in [0.15, 0.2) is 12.4 Å². The first-order chi connectivity index (χ1) is 6.81. The number of aromatic nitrogens is 2. The monoisotopic (exact) mass is 194 g/mol. The summed E-state index contributed by atoms with van der Waals surface area (Å²) in [6, 6.07) is 0. The number of rotatable bonds is 4. The standard InChI is InChI=1S/C11H18N2O/c1-2-6-13-8-10(7-12-13)11(14)9-4-3-5-9/h7-9,11,14H,2-6H2,1H3. The van der Waals surface area contributed by atoms with Crippen molar-refractivity contribution in [1.82, 2.24) is 9.78 Å². The smallest absolute Gasteiger partial charge is 0.0848 e. The molecule has 78 valence electrons. The Kier molecular flexibility index (Phi) is 2.87. The van der Waals surface area contributed by atoms with Gasteiger partial charge in [-0.3, -0.25) is 4.68 Å². The first kappa shape index (κ1) is 9.71. The lowest BCUT2D eigenvalue weighted by Crippen LogP contribution is -2.19. The van der Waals surface area contributed by atoms with E-state index in [2.05, 4.69) is 12.0 Å². The Balaban J connectivity index is 2.00. The van der Waals surface area contributed by atoms with Gasteiger partial charge in [0, 0.05) is 18.3 Å². The van der Waals surface area contributed by atoms with Gasteiger partial charge in [-0.05, 0) is 25.2 Å². The molecule has 0 spiro atoms. The van der Waals surface area contributed by atoms with E-state index in [1.165, 1.54) is 19.3 Å². The summed E-state index contributed by atoms with van der Waals surface area (Å²) in [4.78, 5) is 0. The van der Waals surface area contributed by atoms with Crippen molar-refractivity contribution in [2.75, 3.05) is 0 Å². The van der Waals surface area contributed by atoms with Crippen LogP contribution < -0.4 is 0 Å². The third-order valence-electron chi connectivity index (χ3n) is 3.04. The van der Waals surface area contributed by atoms with Crippen LogP contribution >= 0.6 is 0 Å². The van der Waals surface area contributed by atoms with Gasteiger partial charge < -0.3 is 5.11 Å². The van der Waals surface area contributed by atoms with Crippen LogP contribution in [0.2, 0.25) is 0 Å². The predicted octanol–water partition coefficient (Wildman–Crippen LogP) is 2.13. The van der Waals surface area contributed by atoms with Crippen LogP contribution in [0.5, 0.6) is 0 Å². The summed E-state index contributed by atoms with van der Waals surface area (Å²) >= 11 is 0. The Labute approximate surface area is 84.7 Å². The summed E-state index contributed by atoms with van der Waals surface area (Å²) in [5, 5.41) is 14.2. The fourth-order valence-electron chi connectivity index (χ4n) is 1.91. The van der Waals surface area contributed by atoms with Crippen molar-refractivity contribution in [3.8, 4) is 0 Å². The minimum Gasteiger partial charge on any atom is -0.388 e. The van der Waals surface area contributed by atoms with Crippen molar-refractivity contribution in [3.05, 3.63) is 18.0 Å². The van der Waals surface area contributed by atoms with Crippen molar-refractivity contribution in [2.45, 2.75) is 45.3 Å². The van der Waals surface area contributed by atoms with E-state index in [0.29, 0.717) is 5.92 Å². The maximum absolute atomic E-state index is 9.97. The Morgan fingerprint density at radius 2 is 2.43 bits per heavy atom. The van der Waals surface area contributed by atoms with E-state index in [1.54, 1.807) is 6.20 Å². The highest BCUT2D eigenvalue weighted by Gasteiger charge is 2.27. The average molecular weight is 194 g/mol. The fourth-order valence-corrected chi connectivity index (χ4v) is 1.91. The molecular weight excluding hydrogens is 176 g/mol. The van der Waals surface area contributed by atoms with Crippen LogP contribution in [0, 0.1) is 5.92 Å². The molecule has 0 aliphatic heterocycles. The maximum atomic E-state index is 9.97. The summed E-state index contributed by atoms with van der Waals surface area (Å²) in [5.74, 6) is 0.481. The molecule has 3 nitrogen and oxygen atoms in total. The van der Waals surface area contributed by atoms with Crippen LogP contribution in [0.25, 0.3) is 0 Å². The van der Waals surface area contributed by atoms with E-state index in [-0.39, 0.29) is 6.10 Å². The zero-order valence-electron chi connectivity index (χ0n) is 8.69.